The second-order valence-corrected chi connectivity index (χ2v) is 8.98. The van der Waals surface area contributed by atoms with Crippen LogP contribution in [0.3, 0.4) is 0 Å². The van der Waals surface area contributed by atoms with Gasteiger partial charge in [-0.2, -0.15) is 4.98 Å². The summed E-state index contributed by atoms with van der Waals surface area (Å²) in [5.41, 5.74) is 2.22. The number of halogens is 2. The third-order valence-electron chi connectivity index (χ3n) is 4.28. The molecule has 1 amide bonds. The molecular weight excluding hydrogens is 457 g/mol. The lowest BCUT2D eigenvalue weighted by Gasteiger charge is -2.15. The fourth-order valence-corrected chi connectivity index (χ4v) is 4.85. The number of carbonyl (C=O) groups is 1. The first-order valence-corrected chi connectivity index (χ1v) is 11.4. The molecule has 6 nitrogen and oxygen atoms in total. The van der Waals surface area contributed by atoms with Crippen molar-refractivity contribution < 1.29 is 9.18 Å². The molecule has 0 spiro atoms. The molecule has 4 aromatic rings. The van der Waals surface area contributed by atoms with Gasteiger partial charge in [-0.05, 0) is 23.8 Å². The number of thiazole rings is 1. The van der Waals surface area contributed by atoms with Crippen LogP contribution in [0.25, 0.3) is 10.3 Å². The summed E-state index contributed by atoms with van der Waals surface area (Å²) >= 11 is 8.54. The largest absolute Gasteiger partial charge is 0.347 e. The molecule has 158 valence electrons. The standard InChI is InChI=1S/C21H17ClFN5OS2/c1-28(10-13-5-3-2-4-6-13)21-27-19-18(31-21)20(25-12-24-19)30-11-17(29)26-14-7-8-16(23)15(22)9-14/h2-9,12H,10-11H2,1H3,(H,26,29). The highest BCUT2D eigenvalue weighted by atomic mass is 35.5. The normalized spacial score (nSPS) is 10.9. The number of hydrogen-bond donors (Lipinski definition) is 1. The molecule has 10 heteroatoms. The number of benzene rings is 2. The summed E-state index contributed by atoms with van der Waals surface area (Å²) in [6.07, 6.45) is 1.45. The molecule has 0 saturated carbocycles. The van der Waals surface area contributed by atoms with Gasteiger partial charge in [0.1, 0.15) is 21.9 Å². The van der Waals surface area contributed by atoms with Gasteiger partial charge in [0.05, 0.1) is 10.8 Å². The molecular formula is C21H17ClFN5OS2. The highest BCUT2D eigenvalue weighted by Gasteiger charge is 2.15. The molecule has 0 aliphatic heterocycles. The van der Waals surface area contributed by atoms with E-state index in [4.69, 9.17) is 11.6 Å². The van der Waals surface area contributed by atoms with Gasteiger partial charge >= 0.3 is 0 Å². The van der Waals surface area contributed by atoms with Crippen LogP contribution in [0.4, 0.5) is 15.2 Å². The number of carbonyl (C=O) groups excluding carboxylic acids is 1. The van der Waals surface area contributed by atoms with Crippen molar-refractivity contribution in [3.8, 4) is 0 Å². The summed E-state index contributed by atoms with van der Waals surface area (Å²) < 4.78 is 14.1. The minimum absolute atomic E-state index is 0.0419. The Labute approximate surface area is 191 Å². The van der Waals surface area contributed by atoms with Crippen LogP contribution in [-0.4, -0.2) is 33.7 Å². The first kappa shape index (κ1) is 21.5. The molecule has 0 saturated heterocycles. The van der Waals surface area contributed by atoms with Crippen LogP contribution in [0.5, 0.6) is 0 Å². The van der Waals surface area contributed by atoms with Gasteiger partial charge in [0.15, 0.2) is 10.8 Å². The van der Waals surface area contributed by atoms with E-state index in [1.807, 2.05) is 25.2 Å². The van der Waals surface area contributed by atoms with Crippen molar-refractivity contribution in [1.29, 1.82) is 0 Å². The van der Waals surface area contributed by atoms with E-state index >= 15 is 0 Å². The smallest absolute Gasteiger partial charge is 0.234 e. The van der Waals surface area contributed by atoms with Gasteiger partial charge in [-0.15, -0.1) is 0 Å². The van der Waals surface area contributed by atoms with Gasteiger partial charge in [-0.3, -0.25) is 4.79 Å². The van der Waals surface area contributed by atoms with Crippen molar-refractivity contribution in [1.82, 2.24) is 15.0 Å². The van der Waals surface area contributed by atoms with E-state index in [0.717, 1.165) is 16.4 Å². The number of hydrogen-bond acceptors (Lipinski definition) is 7. The summed E-state index contributed by atoms with van der Waals surface area (Å²) in [4.78, 5) is 27.6. The third kappa shape index (κ3) is 5.30. The van der Waals surface area contributed by atoms with Crippen LogP contribution < -0.4 is 10.2 Å². The second-order valence-electron chi connectivity index (χ2n) is 6.64. The Morgan fingerprint density at radius 1 is 1.23 bits per heavy atom. The number of thioether (sulfide) groups is 1. The SMILES string of the molecule is CN(Cc1ccccc1)c1nc2ncnc(SCC(=O)Nc3ccc(F)c(Cl)c3)c2s1. The molecule has 0 bridgehead atoms. The van der Waals surface area contributed by atoms with E-state index in [0.29, 0.717) is 16.4 Å². The first-order chi connectivity index (χ1) is 15.0. The van der Waals surface area contributed by atoms with Gasteiger partial charge in [0.25, 0.3) is 0 Å². The predicted octanol–water partition coefficient (Wildman–Crippen LogP) is 5.25. The Bertz CT molecular complexity index is 1220. The summed E-state index contributed by atoms with van der Waals surface area (Å²) in [5.74, 6) is -0.644. The molecule has 2 aromatic heterocycles. The van der Waals surface area contributed by atoms with E-state index in [1.165, 1.54) is 53.2 Å². The number of rotatable bonds is 7. The van der Waals surface area contributed by atoms with E-state index in [9.17, 15) is 9.18 Å². The number of fused-ring (bicyclic) bond motifs is 1. The highest BCUT2D eigenvalue weighted by molar-refractivity contribution is 8.00. The molecule has 4 rings (SSSR count). The van der Waals surface area contributed by atoms with Crippen LogP contribution in [0.2, 0.25) is 5.02 Å². The average Bonchev–Trinajstić information content (AvgIpc) is 3.21. The lowest BCUT2D eigenvalue weighted by molar-refractivity contribution is -0.113. The molecule has 0 unspecified atom stereocenters. The molecule has 2 aromatic carbocycles. The number of nitrogens with one attached hydrogen (secondary N) is 1. The number of nitrogens with zero attached hydrogens (tertiary/aromatic N) is 4. The lowest BCUT2D eigenvalue weighted by atomic mass is 10.2. The Hall–Kier alpha value is -2.75. The number of anilines is 2. The van der Waals surface area contributed by atoms with Gasteiger partial charge in [-0.1, -0.05) is 65.0 Å². The molecule has 0 atom stereocenters. The van der Waals surface area contributed by atoms with Crippen LogP contribution in [0.15, 0.2) is 59.9 Å². The molecule has 0 radical (unpaired) electrons. The van der Waals surface area contributed by atoms with Crippen LogP contribution >= 0.6 is 34.7 Å². The Morgan fingerprint density at radius 2 is 2.03 bits per heavy atom. The van der Waals surface area contributed by atoms with Crippen LogP contribution in [0, 0.1) is 5.82 Å². The van der Waals surface area contributed by atoms with Crippen LogP contribution in [0.1, 0.15) is 5.56 Å². The number of amides is 1. The maximum Gasteiger partial charge on any atom is 0.234 e. The zero-order chi connectivity index (χ0) is 21.8. The van der Waals surface area contributed by atoms with E-state index in [-0.39, 0.29) is 16.7 Å². The fraction of sp³-hybridized carbons (Fsp3) is 0.143. The lowest BCUT2D eigenvalue weighted by Crippen LogP contribution is -2.15. The van der Waals surface area contributed by atoms with Crippen molar-refractivity contribution in [3.05, 3.63) is 71.3 Å². The molecule has 1 N–H and O–H groups in total. The molecule has 2 heterocycles. The Kier molecular flexibility index (Phi) is 6.64. The maximum absolute atomic E-state index is 13.3. The molecule has 31 heavy (non-hydrogen) atoms. The Morgan fingerprint density at radius 3 is 2.81 bits per heavy atom. The number of aromatic nitrogens is 3. The summed E-state index contributed by atoms with van der Waals surface area (Å²) in [6, 6.07) is 14.2. The van der Waals surface area contributed by atoms with Gasteiger partial charge in [-0.25, -0.2) is 14.4 Å². The van der Waals surface area contributed by atoms with Gasteiger partial charge < -0.3 is 10.2 Å². The van der Waals surface area contributed by atoms with Crippen molar-refractivity contribution in [2.75, 3.05) is 23.0 Å². The van der Waals surface area contributed by atoms with Gasteiger partial charge in [0.2, 0.25) is 5.91 Å². The molecule has 0 fully saturated rings. The summed E-state index contributed by atoms with van der Waals surface area (Å²) in [5, 5.41) is 4.18. The zero-order valence-corrected chi connectivity index (χ0v) is 18.8. The predicted molar refractivity (Wildman–Crippen MR) is 125 cm³/mol. The maximum atomic E-state index is 13.3. The van der Waals surface area contributed by atoms with Crippen molar-refractivity contribution in [3.63, 3.8) is 0 Å². The van der Waals surface area contributed by atoms with E-state index in [1.54, 1.807) is 0 Å². The third-order valence-corrected chi connectivity index (χ3v) is 6.85. The quantitative estimate of drug-likeness (QED) is 0.292. The van der Waals surface area contributed by atoms with E-state index in [2.05, 4.69) is 37.3 Å². The minimum atomic E-state index is -0.532. The second kappa shape index (κ2) is 9.59. The fourth-order valence-electron chi connectivity index (χ4n) is 2.82. The average molecular weight is 474 g/mol. The summed E-state index contributed by atoms with van der Waals surface area (Å²) in [6.45, 7) is 0.721. The van der Waals surface area contributed by atoms with Gasteiger partial charge in [0, 0.05) is 19.3 Å². The van der Waals surface area contributed by atoms with Crippen LogP contribution in [-0.2, 0) is 11.3 Å². The zero-order valence-electron chi connectivity index (χ0n) is 16.4. The highest BCUT2D eigenvalue weighted by Crippen LogP contribution is 2.33. The minimum Gasteiger partial charge on any atom is -0.347 e. The summed E-state index contributed by atoms with van der Waals surface area (Å²) in [7, 11) is 1.98. The van der Waals surface area contributed by atoms with Crippen molar-refractivity contribution >= 4 is 61.8 Å². The van der Waals surface area contributed by atoms with E-state index < -0.39 is 5.82 Å². The monoisotopic (exact) mass is 473 g/mol. The molecule has 0 aliphatic carbocycles. The Balaban J connectivity index is 1.44. The van der Waals surface area contributed by atoms with Crippen molar-refractivity contribution in [2.24, 2.45) is 0 Å². The first-order valence-electron chi connectivity index (χ1n) is 9.24. The topological polar surface area (TPSA) is 71.0 Å². The van der Waals surface area contributed by atoms with Crippen molar-refractivity contribution in [2.45, 2.75) is 11.6 Å². The molecule has 0 aliphatic rings.